The lowest BCUT2D eigenvalue weighted by molar-refractivity contribution is 0.421. The summed E-state index contributed by atoms with van der Waals surface area (Å²) in [6.07, 6.45) is 3.22. The van der Waals surface area contributed by atoms with Crippen LogP contribution in [0.2, 0.25) is 0 Å². The van der Waals surface area contributed by atoms with Gasteiger partial charge in [-0.25, -0.2) is 13.1 Å². The molecule has 1 fully saturated rings. The van der Waals surface area contributed by atoms with E-state index in [2.05, 4.69) is 10.0 Å². The number of aryl methyl sites for hydroxylation is 1. The number of rotatable bonds is 5. The van der Waals surface area contributed by atoms with Crippen molar-refractivity contribution < 1.29 is 8.42 Å². The van der Waals surface area contributed by atoms with Crippen molar-refractivity contribution in [2.45, 2.75) is 45.2 Å². The van der Waals surface area contributed by atoms with E-state index in [-0.39, 0.29) is 17.8 Å². The van der Waals surface area contributed by atoms with E-state index in [1.807, 2.05) is 26.0 Å². The first-order valence-electron chi connectivity index (χ1n) is 6.76. The predicted octanol–water partition coefficient (Wildman–Crippen LogP) is 2.18. The van der Waals surface area contributed by atoms with Gasteiger partial charge in [0.1, 0.15) is 0 Å². The SMILES string of the molecule is Cc1ccc(C(C)NS(=O)(=O)CC2CCCCN2)s1. The quantitative estimate of drug-likeness (QED) is 0.876. The summed E-state index contributed by atoms with van der Waals surface area (Å²) in [7, 11) is -3.23. The maximum atomic E-state index is 12.1. The smallest absolute Gasteiger partial charge is 0.213 e. The number of hydrogen-bond acceptors (Lipinski definition) is 4. The van der Waals surface area contributed by atoms with E-state index < -0.39 is 10.0 Å². The van der Waals surface area contributed by atoms with Crippen LogP contribution < -0.4 is 10.0 Å². The highest BCUT2D eigenvalue weighted by Crippen LogP contribution is 2.23. The number of thiophene rings is 1. The second-order valence-corrected chi connectivity index (χ2v) is 8.33. The standard InChI is InChI=1S/C13H22N2O2S2/c1-10-6-7-13(18-10)11(2)15-19(16,17)9-12-5-3-4-8-14-12/h6-7,11-12,14-15H,3-5,8-9H2,1-2H3. The van der Waals surface area contributed by atoms with E-state index >= 15 is 0 Å². The Morgan fingerprint density at radius 2 is 2.26 bits per heavy atom. The van der Waals surface area contributed by atoms with Crippen LogP contribution in [-0.4, -0.2) is 26.8 Å². The average molecular weight is 302 g/mol. The van der Waals surface area contributed by atoms with Crippen molar-refractivity contribution in [3.8, 4) is 0 Å². The zero-order chi connectivity index (χ0) is 13.9. The lowest BCUT2D eigenvalue weighted by atomic mass is 10.1. The second-order valence-electron chi connectivity index (χ2n) is 5.22. The van der Waals surface area contributed by atoms with Gasteiger partial charge in [0, 0.05) is 15.8 Å². The molecule has 4 nitrogen and oxygen atoms in total. The molecule has 0 radical (unpaired) electrons. The molecule has 0 bridgehead atoms. The molecule has 2 rings (SSSR count). The number of hydrogen-bond donors (Lipinski definition) is 2. The first-order valence-corrected chi connectivity index (χ1v) is 9.23. The molecule has 0 spiro atoms. The van der Waals surface area contributed by atoms with Gasteiger partial charge in [-0.05, 0) is 45.4 Å². The van der Waals surface area contributed by atoms with E-state index in [1.165, 1.54) is 4.88 Å². The van der Waals surface area contributed by atoms with Gasteiger partial charge in [-0.3, -0.25) is 0 Å². The lowest BCUT2D eigenvalue weighted by Crippen LogP contribution is -2.43. The summed E-state index contributed by atoms with van der Waals surface area (Å²) in [4.78, 5) is 2.27. The summed E-state index contributed by atoms with van der Waals surface area (Å²) in [6, 6.07) is 3.97. The molecule has 1 aromatic rings. The highest BCUT2D eigenvalue weighted by molar-refractivity contribution is 7.89. The maximum absolute atomic E-state index is 12.1. The third-order valence-electron chi connectivity index (χ3n) is 3.38. The number of sulfonamides is 1. The van der Waals surface area contributed by atoms with Gasteiger partial charge in [0.15, 0.2) is 0 Å². The van der Waals surface area contributed by atoms with Crippen LogP contribution in [0.5, 0.6) is 0 Å². The fourth-order valence-electron chi connectivity index (χ4n) is 2.39. The fourth-order valence-corrected chi connectivity index (χ4v) is 4.92. The minimum atomic E-state index is -3.23. The first-order chi connectivity index (χ1) is 8.96. The predicted molar refractivity (Wildman–Crippen MR) is 80.0 cm³/mol. The molecule has 0 aliphatic carbocycles. The third kappa shape index (κ3) is 4.56. The molecule has 0 amide bonds. The van der Waals surface area contributed by atoms with Crippen LogP contribution >= 0.6 is 11.3 Å². The maximum Gasteiger partial charge on any atom is 0.213 e. The molecule has 0 aromatic carbocycles. The topological polar surface area (TPSA) is 58.2 Å². The Hall–Kier alpha value is -0.430. The molecule has 1 aliphatic heterocycles. The van der Waals surface area contributed by atoms with Gasteiger partial charge in [-0.2, -0.15) is 0 Å². The highest BCUT2D eigenvalue weighted by atomic mass is 32.2. The number of piperidine rings is 1. The Kier molecular flexibility index (Phi) is 5.00. The Bertz CT molecular complexity index is 504. The second kappa shape index (κ2) is 6.35. The van der Waals surface area contributed by atoms with Crippen molar-refractivity contribution in [2.75, 3.05) is 12.3 Å². The van der Waals surface area contributed by atoms with Crippen molar-refractivity contribution in [3.63, 3.8) is 0 Å². The van der Waals surface area contributed by atoms with Gasteiger partial charge in [-0.15, -0.1) is 11.3 Å². The van der Waals surface area contributed by atoms with Crippen LogP contribution in [0.25, 0.3) is 0 Å². The van der Waals surface area contributed by atoms with Crippen molar-refractivity contribution in [1.29, 1.82) is 0 Å². The minimum absolute atomic E-state index is 0.100. The zero-order valence-corrected chi connectivity index (χ0v) is 13.1. The molecule has 2 atom stereocenters. The molecular weight excluding hydrogens is 280 g/mol. The van der Waals surface area contributed by atoms with Crippen LogP contribution in [0.1, 0.15) is 42.0 Å². The van der Waals surface area contributed by atoms with Gasteiger partial charge in [0.25, 0.3) is 0 Å². The largest absolute Gasteiger partial charge is 0.313 e. The summed E-state index contributed by atoms with van der Waals surface area (Å²) < 4.78 is 27.1. The van der Waals surface area contributed by atoms with Crippen LogP contribution in [-0.2, 0) is 10.0 Å². The van der Waals surface area contributed by atoms with Crippen molar-refractivity contribution in [2.24, 2.45) is 0 Å². The monoisotopic (exact) mass is 302 g/mol. The van der Waals surface area contributed by atoms with Gasteiger partial charge in [-0.1, -0.05) is 6.42 Å². The molecule has 2 unspecified atom stereocenters. The van der Waals surface area contributed by atoms with E-state index in [9.17, 15) is 8.42 Å². The molecule has 108 valence electrons. The average Bonchev–Trinajstić information content (AvgIpc) is 2.76. The summed E-state index contributed by atoms with van der Waals surface area (Å²) in [5.41, 5.74) is 0. The molecule has 0 saturated carbocycles. The molecule has 2 heterocycles. The van der Waals surface area contributed by atoms with Crippen molar-refractivity contribution in [3.05, 3.63) is 21.9 Å². The summed E-state index contributed by atoms with van der Waals surface area (Å²) >= 11 is 1.64. The first kappa shape index (κ1) is 15.0. The van der Waals surface area contributed by atoms with Gasteiger partial charge < -0.3 is 5.32 Å². The van der Waals surface area contributed by atoms with Crippen LogP contribution in [0, 0.1) is 6.92 Å². The molecule has 6 heteroatoms. The third-order valence-corrected chi connectivity index (χ3v) is 6.11. The Balaban J connectivity index is 1.92. The zero-order valence-electron chi connectivity index (χ0n) is 11.5. The van der Waals surface area contributed by atoms with Gasteiger partial charge in [0.2, 0.25) is 10.0 Å². The van der Waals surface area contributed by atoms with E-state index in [1.54, 1.807) is 11.3 Å². The fraction of sp³-hybridized carbons (Fsp3) is 0.692. The van der Waals surface area contributed by atoms with Crippen LogP contribution in [0.15, 0.2) is 12.1 Å². The highest BCUT2D eigenvalue weighted by Gasteiger charge is 2.23. The summed E-state index contributed by atoms with van der Waals surface area (Å²) in [6.45, 7) is 4.86. The molecule has 1 saturated heterocycles. The van der Waals surface area contributed by atoms with E-state index in [0.717, 1.165) is 30.7 Å². The van der Waals surface area contributed by atoms with E-state index in [0.29, 0.717) is 0 Å². The Morgan fingerprint density at radius 1 is 1.47 bits per heavy atom. The molecule has 1 aromatic heterocycles. The minimum Gasteiger partial charge on any atom is -0.313 e. The van der Waals surface area contributed by atoms with Gasteiger partial charge >= 0.3 is 0 Å². The van der Waals surface area contributed by atoms with Crippen LogP contribution in [0.4, 0.5) is 0 Å². The van der Waals surface area contributed by atoms with E-state index in [4.69, 9.17) is 0 Å². The molecule has 1 aliphatic rings. The van der Waals surface area contributed by atoms with Crippen LogP contribution in [0.3, 0.4) is 0 Å². The molecule has 19 heavy (non-hydrogen) atoms. The molecule has 2 N–H and O–H groups in total. The Morgan fingerprint density at radius 3 is 2.84 bits per heavy atom. The van der Waals surface area contributed by atoms with Crippen molar-refractivity contribution in [1.82, 2.24) is 10.0 Å². The van der Waals surface area contributed by atoms with Crippen molar-refractivity contribution >= 4 is 21.4 Å². The summed E-state index contributed by atoms with van der Waals surface area (Å²) in [5, 5.41) is 3.28. The lowest BCUT2D eigenvalue weighted by Gasteiger charge is -2.24. The molecular formula is C13H22N2O2S2. The summed E-state index contributed by atoms with van der Waals surface area (Å²) in [5.74, 6) is 0.182. The van der Waals surface area contributed by atoms with Gasteiger partial charge in [0.05, 0.1) is 11.8 Å². The number of nitrogens with one attached hydrogen (secondary N) is 2. The Labute approximate surface area is 119 Å². The normalized spacial score (nSPS) is 22.3.